The van der Waals surface area contributed by atoms with E-state index in [0.717, 1.165) is 11.3 Å². The molecule has 0 fully saturated rings. The van der Waals surface area contributed by atoms with Crippen molar-refractivity contribution >= 4 is 17.3 Å². The lowest BCUT2D eigenvalue weighted by Gasteiger charge is -2.06. The molecule has 0 spiro atoms. The lowest BCUT2D eigenvalue weighted by atomic mass is 10.1. The van der Waals surface area contributed by atoms with Crippen LogP contribution in [0.25, 0.3) is 11.3 Å². The first-order valence-electron chi connectivity index (χ1n) is 6.62. The molecule has 0 unspecified atom stereocenters. The number of para-hydroxylation sites is 1. The molecule has 3 aromatic rings. The topological polar surface area (TPSA) is 81.0 Å². The number of nitro groups is 1. The molecule has 3 rings (SSSR count). The number of benzene rings is 2. The van der Waals surface area contributed by atoms with E-state index in [-0.39, 0.29) is 5.69 Å². The van der Waals surface area contributed by atoms with Gasteiger partial charge in [-0.2, -0.15) is 0 Å². The van der Waals surface area contributed by atoms with Crippen molar-refractivity contribution in [3.8, 4) is 11.3 Å². The third-order valence-corrected chi connectivity index (χ3v) is 3.06. The van der Waals surface area contributed by atoms with Crippen molar-refractivity contribution in [3.05, 3.63) is 77.0 Å². The molecule has 0 saturated heterocycles. The number of hydrogen-bond acceptors (Lipinski definition) is 5. The lowest BCUT2D eigenvalue weighted by Crippen LogP contribution is -1.97. The van der Waals surface area contributed by atoms with Gasteiger partial charge in [-0.1, -0.05) is 18.2 Å². The number of nitro benzene ring substituents is 1. The molecule has 1 N–H and O–H groups in total. The summed E-state index contributed by atoms with van der Waals surface area (Å²) in [5.74, 6) is 0.474. The van der Waals surface area contributed by atoms with E-state index < -0.39 is 4.92 Å². The molecule has 2 aromatic carbocycles. The molecule has 0 atom stereocenters. The van der Waals surface area contributed by atoms with Gasteiger partial charge in [0.1, 0.15) is 0 Å². The van der Waals surface area contributed by atoms with Crippen molar-refractivity contribution < 1.29 is 4.92 Å². The molecule has 0 aliphatic heterocycles. The van der Waals surface area contributed by atoms with E-state index in [0.29, 0.717) is 11.6 Å². The summed E-state index contributed by atoms with van der Waals surface area (Å²) in [7, 11) is 0. The van der Waals surface area contributed by atoms with Crippen LogP contribution in [0, 0.1) is 10.1 Å². The molecule has 6 heteroatoms. The third kappa shape index (κ3) is 3.06. The number of rotatable bonds is 4. The van der Waals surface area contributed by atoms with Gasteiger partial charge in [0, 0.05) is 29.6 Å². The fourth-order valence-corrected chi connectivity index (χ4v) is 1.98. The second kappa shape index (κ2) is 6.01. The zero-order valence-electron chi connectivity index (χ0n) is 11.5. The van der Waals surface area contributed by atoms with Crippen molar-refractivity contribution in [1.82, 2.24) is 9.97 Å². The van der Waals surface area contributed by atoms with Gasteiger partial charge in [0.25, 0.3) is 5.69 Å². The Morgan fingerprint density at radius 1 is 0.955 bits per heavy atom. The molecule has 0 saturated carbocycles. The summed E-state index contributed by atoms with van der Waals surface area (Å²) in [5, 5.41) is 13.8. The van der Waals surface area contributed by atoms with Gasteiger partial charge in [-0.3, -0.25) is 10.1 Å². The van der Waals surface area contributed by atoms with Gasteiger partial charge in [-0.05, 0) is 30.3 Å². The Morgan fingerprint density at radius 3 is 2.36 bits per heavy atom. The minimum absolute atomic E-state index is 0.0560. The van der Waals surface area contributed by atoms with E-state index in [1.165, 1.54) is 12.1 Å². The number of aromatic nitrogens is 2. The first-order chi connectivity index (χ1) is 10.7. The summed E-state index contributed by atoms with van der Waals surface area (Å²) in [6, 6.07) is 17.6. The largest absolute Gasteiger partial charge is 0.324 e. The summed E-state index contributed by atoms with van der Waals surface area (Å²) in [4.78, 5) is 18.8. The Kier molecular flexibility index (Phi) is 3.74. The average Bonchev–Trinajstić information content (AvgIpc) is 2.56. The van der Waals surface area contributed by atoms with Crippen LogP contribution in [0.1, 0.15) is 0 Å². The maximum atomic E-state index is 10.7. The molecule has 0 bridgehead atoms. The van der Waals surface area contributed by atoms with Gasteiger partial charge < -0.3 is 5.32 Å². The van der Waals surface area contributed by atoms with E-state index >= 15 is 0 Å². The molecule has 1 heterocycles. The third-order valence-electron chi connectivity index (χ3n) is 3.06. The zero-order chi connectivity index (χ0) is 15.4. The summed E-state index contributed by atoms with van der Waals surface area (Å²) in [5.41, 5.74) is 2.44. The Labute approximate surface area is 126 Å². The zero-order valence-corrected chi connectivity index (χ0v) is 11.5. The van der Waals surface area contributed by atoms with Crippen molar-refractivity contribution in [3.63, 3.8) is 0 Å². The number of anilines is 2. The van der Waals surface area contributed by atoms with Crippen molar-refractivity contribution in [2.24, 2.45) is 0 Å². The second-order valence-corrected chi connectivity index (χ2v) is 4.56. The van der Waals surface area contributed by atoms with Crippen LogP contribution in [0.15, 0.2) is 66.9 Å². The van der Waals surface area contributed by atoms with E-state index in [1.807, 2.05) is 30.3 Å². The Balaban J connectivity index is 1.86. The quantitative estimate of drug-likeness (QED) is 0.584. The van der Waals surface area contributed by atoms with Gasteiger partial charge in [0.15, 0.2) is 0 Å². The normalized spacial score (nSPS) is 10.2. The maximum Gasteiger partial charge on any atom is 0.269 e. The molecule has 0 radical (unpaired) electrons. The summed E-state index contributed by atoms with van der Waals surface area (Å²) in [6.07, 6.45) is 1.65. The molecule has 0 aliphatic carbocycles. The first-order valence-corrected chi connectivity index (χ1v) is 6.62. The van der Waals surface area contributed by atoms with Crippen LogP contribution >= 0.6 is 0 Å². The fraction of sp³-hybridized carbons (Fsp3) is 0. The van der Waals surface area contributed by atoms with Crippen LogP contribution in [0.3, 0.4) is 0 Å². The summed E-state index contributed by atoms with van der Waals surface area (Å²) >= 11 is 0. The highest BCUT2D eigenvalue weighted by Crippen LogP contribution is 2.22. The predicted octanol–water partition coefficient (Wildman–Crippen LogP) is 3.80. The molecule has 0 amide bonds. The standard InChI is InChI=1S/C16H12N4O2/c21-20(22)14-8-6-12(7-9-14)15-10-11-17-16(19-15)18-13-4-2-1-3-5-13/h1-11H,(H,17,18,19). The van der Waals surface area contributed by atoms with Gasteiger partial charge in [-0.15, -0.1) is 0 Å². The second-order valence-electron chi connectivity index (χ2n) is 4.56. The maximum absolute atomic E-state index is 10.7. The van der Waals surface area contributed by atoms with Gasteiger partial charge >= 0.3 is 0 Å². The molecule has 1 aromatic heterocycles. The van der Waals surface area contributed by atoms with Crippen LogP contribution in [0.5, 0.6) is 0 Å². The van der Waals surface area contributed by atoms with E-state index in [4.69, 9.17) is 0 Å². The summed E-state index contributed by atoms with van der Waals surface area (Å²) < 4.78 is 0. The minimum Gasteiger partial charge on any atom is -0.324 e. The van der Waals surface area contributed by atoms with E-state index in [1.54, 1.807) is 24.4 Å². The fourth-order valence-electron chi connectivity index (χ4n) is 1.98. The highest BCUT2D eigenvalue weighted by molar-refractivity contribution is 5.63. The van der Waals surface area contributed by atoms with Gasteiger partial charge in [0.2, 0.25) is 5.95 Å². The highest BCUT2D eigenvalue weighted by Gasteiger charge is 2.07. The smallest absolute Gasteiger partial charge is 0.269 e. The number of nitrogens with one attached hydrogen (secondary N) is 1. The Hall–Kier alpha value is -3.28. The molecule has 0 aliphatic rings. The minimum atomic E-state index is -0.424. The van der Waals surface area contributed by atoms with Crippen molar-refractivity contribution in [2.75, 3.05) is 5.32 Å². The van der Waals surface area contributed by atoms with Crippen LogP contribution < -0.4 is 5.32 Å². The van der Waals surface area contributed by atoms with E-state index in [9.17, 15) is 10.1 Å². The van der Waals surface area contributed by atoms with Crippen molar-refractivity contribution in [1.29, 1.82) is 0 Å². The Morgan fingerprint density at radius 2 is 1.68 bits per heavy atom. The monoisotopic (exact) mass is 292 g/mol. The van der Waals surface area contributed by atoms with Crippen LogP contribution in [-0.2, 0) is 0 Å². The molecule has 108 valence electrons. The van der Waals surface area contributed by atoms with Gasteiger partial charge in [-0.25, -0.2) is 9.97 Å². The molecular weight excluding hydrogens is 280 g/mol. The number of hydrogen-bond donors (Lipinski definition) is 1. The van der Waals surface area contributed by atoms with Crippen LogP contribution in [0.4, 0.5) is 17.3 Å². The van der Waals surface area contributed by atoms with E-state index in [2.05, 4.69) is 15.3 Å². The lowest BCUT2D eigenvalue weighted by molar-refractivity contribution is -0.384. The predicted molar refractivity (Wildman–Crippen MR) is 83.8 cm³/mol. The van der Waals surface area contributed by atoms with Crippen LogP contribution in [0.2, 0.25) is 0 Å². The SMILES string of the molecule is O=[N+]([O-])c1ccc(-c2ccnc(Nc3ccccc3)n2)cc1. The first kappa shape index (κ1) is 13.7. The molecule has 22 heavy (non-hydrogen) atoms. The Bertz CT molecular complexity index is 789. The number of non-ortho nitro benzene ring substituents is 1. The number of nitrogens with zero attached hydrogens (tertiary/aromatic N) is 3. The van der Waals surface area contributed by atoms with Crippen LogP contribution in [-0.4, -0.2) is 14.9 Å². The molecular formula is C16H12N4O2. The highest BCUT2D eigenvalue weighted by atomic mass is 16.6. The summed E-state index contributed by atoms with van der Waals surface area (Å²) in [6.45, 7) is 0. The van der Waals surface area contributed by atoms with Gasteiger partial charge in [0.05, 0.1) is 10.6 Å². The van der Waals surface area contributed by atoms with Crippen molar-refractivity contribution in [2.45, 2.75) is 0 Å². The molecule has 6 nitrogen and oxygen atoms in total. The average molecular weight is 292 g/mol.